The van der Waals surface area contributed by atoms with Gasteiger partial charge in [-0.1, -0.05) is 6.92 Å². The van der Waals surface area contributed by atoms with Crippen molar-refractivity contribution in [3.63, 3.8) is 0 Å². The van der Waals surface area contributed by atoms with Gasteiger partial charge in [-0.25, -0.2) is 0 Å². The van der Waals surface area contributed by atoms with E-state index in [1.165, 1.54) is 0 Å². The van der Waals surface area contributed by atoms with Crippen LogP contribution >= 0.6 is 12.2 Å². The van der Waals surface area contributed by atoms with Crippen molar-refractivity contribution >= 4 is 17.4 Å². The first-order valence-corrected chi connectivity index (χ1v) is 6.30. The Bertz CT molecular complexity index is 261. The summed E-state index contributed by atoms with van der Waals surface area (Å²) in [6.45, 7) is 9.86. The molecule has 6 heteroatoms. The predicted octanol–water partition coefficient (Wildman–Crippen LogP) is 2.46. The minimum Gasteiger partial charge on any atom is -0.464 e. The molecule has 0 aliphatic heterocycles. The topological polar surface area (TPSA) is 55.6 Å². The minimum absolute atomic E-state index is 0.0400. The Morgan fingerprint density at radius 2 is 1.82 bits per heavy atom. The van der Waals surface area contributed by atoms with Crippen LogP contribution in [0, 0.1) is 10.1 Å². The molecule has 0 rings (SSSR count). The van der Waals surface area contributed by atoms with Crippen LogP contribution in [0.3, 0.4) is 0 Å². The van der Waals surface area contributed by atoms with Crippen molar-refractivity contribution in [3.8, 4) is 0 Å². The van der Waals surface area contributed by atoms with Gasteiger partial charge >= 0.3 is 0 Å². The van der Waals surface area contributed by atoms with Gasteiger partial charge in [0.25, 0.3) is 5.17 Å². The normalized spacial score (nSPS) is 12.6. The lowest BCUT2D eigenvalue weighted by atomic mass is 10.2. The molecule has 0 bridgehead atoms. The lowest BCUT2D eigenvalue weighted by molar-refractivity contribution is -0.525. The van der Waals surface area contributed by atoms with Crippen molar-refractivity contribution in [2.45, 2.75) is 59.2 Å². The van der Waals surface area contributed by atoms with Gasteiger partial charge < -0.3 is 9.64 Å². The van der Waals surface area contributed by atoms with E-state index in [9.17, 15) is 10.1 Å². The standard InChI is InChI=1S/C11H22N2O3S/c1-6-10(13(14)15)7-16-11(17)12(8(2)3)9(4)5/h8-10H,6-7H2,1-5H3. The zero-order valence-electron chi connectivity index (χ0n) is 11.2. The fourth-order valence-corrected chi connectivity index (χ4v) is 2.08. The van der Waals surface area contributed by atoms with Gasteiger partial charge in [0, 0.05) is 23.4 Å². The number of ether oxygens (including phenoxy) is 1. The van der Waals surface area contributed by atoms with Crippen LogP contribution in [-0.2, 0) is 4.74 Å². The van der Waals surface area contributed by atoms with E-state index in [1.807, 2.05) is 32.6 Å². The van der Waals surface area contributed by atoms with Gasteiger partial charge in [0.2, 0.25) is 6.04 Å². The average molecular weight is 262 g/mol. The molecule has 0 radical (unpaired) electrons. The Morgan fingerprint density at radius 3 is 2.12 bits per heavy atom. The van der Waals surface area contributed by atoms with E-state index in [1.54, 1.807) is 6.92 Å². The summed E-state index contributed by atoms with van der Waals surface area (Å²) in [7, 11) is 0. The van der Waals surface area contributed by atoms with E-state index < -0.39 is 6.04 Å². The molecule has 0 aliphatic carbocycles. The van der Waals surface area contributed by atoms with Crippen molar-refractivity contribution < 1.29 is 9.66 Å². The summed E-state index contributed by atoms with van der Waals surface area (Å²) in [4.78, 5) is 12.3. The summed E-state index contributed by atoms with van der Waals surface area (Å²) in [6.07, 6.45) is 0.443. The molecular formula is C11H22N2O3S. The van der Waals surface area contributed by atoms with Gasteiger partial charge in [-0.05, 0) is 39.9 Å². The second kappa shape index (κ2) is 7.42. The summed E-state index contributed by atoms with van der Waals surface area (Å²) in [5.74, 6) is 0. The zero-order chi connectivity index (χ0) is 13.6. The maximum Gasteiger partial charge on any atom is 0.260 e. The highest BCUT2D eigenvalue weighted by molar-refractivity contribution is 7.80. The maximum atomic E-state index is 10.6. The molecule has 1 unspecified atom stereocenters. The molecule has 0 spiro atoms. The minimum atomic E-state index is -0.686. The number of thiocarbonyl (C=S) groups is 1. The van der Waals surface area contributed by atoms with Crippen molar-refractivity contribution in [3.05, 3.63) is 10.1 Å². The van der Waals surface area contributed by atoms with Crippen molar-refractivity contribution in [2.75, 3.05) is 6.61 Å². The van der Waals surface area contributed by atoms with Crippen LogP contribution in [0.5, 0.6) is 0 Å². The van der Waals surface area contributed by atoms with Gasteiger partial charge in [0.1, 0.15) is 0 Å². The van der Waals surface area contributed by atoms with Crippen LogP contribution in [0.25, 0.3) is 0 Å². The molecule has 0 aromatic carbocycles. The van der Waals surface area contributed by atoms with Gasteiger partial charge in [0.15, 0.2) is 6.61 Å². The molecule has 0 fully saturated rings. The lowest BCUT2D eigenvalue weighted by Crippen LogP contribution is -2.43. The third-order valence-corrected chi connectivity index (χ3v) is 2.82. The Kier molecular flexibility index (Phi) is 7.03. The average Bonchev–Trinajstić information content (AvgIpc) is 2.16. The Balaban J connectivity index is 4.37. The molecule has 0 aromatic rings. The summed E-state index contributed by atoms with van der Waals surface area (Å²) < 4.78 is 5.36. The second-order valence-corrected chi connectivity index (χ2v) is 4.87. The van der Waals surface area contributed by atoms with Crippen LogP contribution in [0.4, 0.5) is 0 Å². The number of hydrogen-bond donors (Lipinski definition) is 0. The fourth-order valence-electron chi connectivity index (χ4n) is 1.59. The molecule has 0 saturated heterocycles. The maximum absolute atomic E-state index is 10.6. The molecular weight excluding hydrogens is 240 g/mol. The summed E-state index contributed by atoms with van der Waals surface area (Å²) in [5, 5.41) is 11.0. The number of nitro groups is 1. The first-order chi connectivity index (χ1) is 7.81. The second-order valence-electron chi connectivity index (χ2n) is 4.52. The first-order valence-electron chi connectivity index (χ1n) is 5.89. The molecule has 0 N–H and O–H groups in total. The van der Waals surface area contributed by atoms with Gasteiger partial charge in [-0.3, -0.25) is 10.1 Å². The molecule has 0 aromatic heterocycles. The Hall–Kier alpha value is -0.910. The molecule has 5 nitrogen and oxygen atoms in total. The predicted molar refractivity (Wildman–Crippen MR) is 71.7 cm³/mol. The lowest BCUT2D eigenvalue weighted by Gasteiger charge is -2.32. The molecule has 100 valence electrons. The Labute approximate surface area is 108 Å². The van der Waals surface area contributed by atoms with Crippen LogP contribution in [-0.4, -0.2) is 39.7 Å². The van der Waals surface area contributed by atoms with Crippen LogP contribution < -0.4 is 0 Å². The molecule has 0 amide bonds. The summed E-state index contributed by atoms with van der Waals surface area (Å²) >= 11 is 5.16. The fraction of sp³-hybridized carbons (Fsp3) is 0.909. The van der Waals surface area contributed by atoms with E-state index in [0.717, 1.165) is 0 Å². The highest BCUT2D eigenvalue weighted by Gasteiger charge is 2.22. The van der Waals surface area contributed by atoms with E-state index >= 15 is 0 Å². The van der Waals surface area contributed by atoms with Crippen molar-refractivity contribution in [1.29, 1.82) is 0 Å². The molecule has 0 saturated carbocycles. The van der Waals surface area contributed by atoms with E-state index in [0.29, 0.717) is 11.6 Å². The Morgan fingerprint density at radius 1 is 1.35 bits per heavy atom. The van der Waals surface area contributed by atoms with Gasteiger partial charge in [-0.2, -0.15) is 0 Å². The van der Waals surface area contributed by atoms with E-state index in [4.69, 9.17) is 17.0 Å². The van der Waals surface area contributed by atoms with Gasteiger partial charge in [0.05, 0.1) is 0 Å². The summed E-state index contributed by atoms with van der Waals surface area (Å²) in [6, 6.07) is -0.245. The molecule has 0 heterocycles. The van der Waals surface area contributed by atoms with Crippen molar-refractivity contribution in [2.24, 2.45) is 0 Å². The third kappa shape index (κ3) is 5.30. The van der Waals surface area contributed by atoms with Crippen LogP contribution in [0.1, 0.15) is 41.0 Å². The highest BCUT2D eigenvalue weighted by Crippen LogP contribution is 2.09. The number of hydrogen-bond acceptors (Lipinski definition) is 4. The van der Waals surface area contributed by atoms with Crippen LogP contribution in [0.15, 0.2) is 0 Å². The summed E-state index contributed by atoms with van der Waals surface area (Å²) in [5.41, 5.74) is 0. The highest BCUT2D eigenvalue weighted by atomic mass is 32.1. The van der Waals surface area contributed by atoms with Gasteiger partial charge in [-0.15, -0.1) is 0 Å². The monoisotopic (exact) mass is 262 g/mol. The largest absolute Gasteiger partial charge is 0.464 e. The molecule has 0 aliphatic rings. The molecule has 1 atom stereocenters. The smallest absolute Gasteiger partial charge is 0.260 e. The quantitative estimate of drug-likeness (QED) is 0.418. The van der Waals surface area contributed by atoms with Crippen LogP contribution in [0.2, 0.25) is 0 Å². The number of nitrogens with zero attached hydrogens (tertiary/aromatic N) is 2. The van der Waals surface area contributed by atoms with Crippen molar-refractivity contribution in [1.82, 2.24) is 4.90 Å². The van der Waals surface area contributed by atoms with E-state index in [2.05, 4.69) is 0 Å². The van der Waals surface area contributed by atoms with E-state index in [-0.39, 0.29) is 23.6 Å². The third-order valence-electron chi connectivity index (χ3n) is 2.49. The number of rotatable bonds is 6. The zero-order valence-corrected chi connectivity index (χ0v) is 12.0. The molecule has 17 heavy (non-hydrogen) atoms. The SMILES string of the molecule is CCC(COC(=S)N(C(C)C)C(C)C)[N+](=O)[O-]. The first kappa shape index (κ1) is 16.1.